The van der Waals surface area contributed by atoms with E-state index in [1.165, 1.54) is 57.4 Å². The minimum absolute atomic E-state index is 0.0519. The van der Waals surface area contributed by atoms with Crippen LogP contribution in [-0.4, -0.2) is 40.1 Å². The molecule has 0 spiro atoms. The Hall–Kier alpha value is -2.90. The van der Waals surface area contributed by atoms with E-state index in [1.807, 2.05) is 18.2 Å². The van der Waals surface area contributed by atoms with Gasteiger partial charge in [-0.25, -0.2) is 4.98 Å². The van der Waals surface area contributed by atoms with Crippen LogP contribution in [0.1, 0.15) is 51.4 Å². The van der Waals surface area contributed by atoms with Crippen LogP contribution in [0.2, 0.25) is 0 Å². The first kappa shape index (κ1) is 21.0. The highest BCUT2D eigenvalue weighted by atomic mass is 16.6. The van der Waals surface area contributed by atoms with Gasteiger partial charge in [0, 0.05) is 37.3 Å². The molecule has 0 radical (unpaired) electrons. The lowest BCUT2D eigenvalue weighted by Gasteiger charge is -2.25. The van der Waals surface area contributed by atoms with Gasteiger partial charge in [0.25, 0.3) is 0 Å². The Morgan fingerprint density at radius 2 is 1.38 bits per heavy atom. The van der Waals surface area contributed by atoms with Gasteiger partial charge >= 0.3 is 5.82 Å². The first-order valence-corrected chi connectivity index (χ1v) is 12.0. The van der Waals surface area contributed by atoms with Crippen LogP contribution in [0.15, 0.2) is 36.4 Å². The SMILES string of the molecule is Nc1cccc(N2CC[C@@H]3CCC[C@@H]32)n1.O=[N+]([O-])c1cccc(N2CC[C@@H]3CCC[C@@H]32)n1. The number of anilines is 3. The molecule has 2 aliphatic heterocycles. The molecule has 2 aromatic rings. The third-order valence-corrected chi connectivity index (χ3v) is 7.77. The van der Waals surface area contributed by atoms with E-state index in [4.69, 9.17) is 5.73 Å². The van der Waals surface area contributed by atoms with Crippen molar-refractivity contribution in [1.29, 1.82) is 0 Å². The van der Waals surface area contributed by atoms with Crippen LogP contribution in [0.4, 0.5) is 23.3 Å². The molecular formula is C24H32N6O2. The minimum Gasteiger partial charge on any atom is -0.384 e. The number of hydrogen-bond donors (Lipinski definition) is 1. The smallest absolute Gasteiger partial charge is 0.365 e. The maximum atomic E-state index is 10.7. The highest BCUT2D eigenvalue weighted by molar-refractivity contribution is 5.47. The van der Waals surface area contributed by atoms with Crippen LogP contribution in [0.25, 0.3) is 0 Å². The van der Waals surface area contributed by atoms with E-state index in [0.29, 0.717) is 11.9 Å². The second-order valence-corrected chi connectivity index (χ2v) is 9.51. The summed E-state index contributed by atoms with van der Waals surface area (Å²) >= 11 is 0. The average molecular weight is 437 g/mol. The summed E-state index contributed by atoms with van der Waals surface area (Å²) in [5.74, 6) is 4.11. The van der Waals surface area contributed by atoms with Crippen molar-refractivity contribution >= 4 is 23.3 Å². The van der Waals surface area contributed by atoms with Crippen LogP contribution in [0.5, 0.6) is 0 Å². The maximum Gasteiger partial charge on any atom is 0.365 e. The Bertz CT molecular complexity index is 969. The van der Waals surface area contributed by atoms with Gasteiger partial charge in [0.15, 0.2) is 0 Å². The van der Waals surface area contributed by atoms with E-state index in [0.717, 1.165) is 42.6 Å². The number of pyridine rings is 2. The van der Waals surface area contributed by atoms with Crippen molar-refractivity contribution in [3.8, 4) is 0 Å². The molecule has 4 atom stereocenters. The standard InChI is InChI=1S/C12H15N3O2.C12H17N3/c16-15(17)12-6-2-5-11(13-12)14-8-7-9-3-1-4-10(9)14;13-11-5-2-6-12(14-11)15-8-7-9-3-1-4-10(9)15/h2,5-6,9-10H,1,3-4,7-8H2;2,5-6,9-10H,1,3-4,7-8H2,(H2,13,14)/t2*9-,10-/m00/s1. The summed E-state index contributed by atoms with van der Waals surface area (Å²) in [6, 6.07) is 12.3. The van der Waals surface area contributed by atoms with Crippen LogP contribution < -0.4 is 15.5 Å². The Kier molecular flexibility index (Phi) is 5.85. The monoisotopic (exact) mass is 436 g/mol. The summed E-state index contributed by atoms with van der Waals surface area (Å²) in [7, 11) is 0. The van der Waals surface area contributed by atoms with Gasteiger partial charge in [-0.05, 0) is 78.5 Å². The Labute approximate surface area is 189 Å². The van der Waals surface area contributed by atoms with E-state index in [9.17, 15) is 10.1 Å². The molecule has 2 aromatic heterocycles. The van der Waals surface area contributed by atoms with Crippen LogP contribution in [-0.2, 0) is 0 Å². The second-order valence-electron chi connectivity index (χ2n) is 9.51. The summed E-state index contributed by atoms with van der Waals surface area (Å²) in [4.78, 5) is 23.6. The van der Waals surface area contributed by atoms with Gasteiger partial charge in [0.1, 0.15) is 11.6 Å². The summed E-state index contributed by atoms with van der Waals surface area (Å²) in [6.45, 7) is 2.15. The van der Waals surface area contributed by atoms with Crippen molar-refractivity contribution in [1.82, 2.24) is 9.97 Å². The van der Waals surface area contributed by atoms with Gasteiger partial charge in [-0.15, -0.1) is 0 Å². The Morgan fingerprint density at radius 3 is 1.94 bits per heavy atom. The van der Waals surface area contributed by atoms with Gasteiger partial charge in [-0.3, -0.25) is 0 Å². The first-order chi connectivity index (χ1) is 15.6. The second kappa shape index (κ2) is 8.92. The van der Waals surface area contributed by atoms with Gasteiger partial charge in [-0.2, -0.15) is 0 Å². The third kappa shape index (κ3) is 4.10. The van der Waals surface area contributed by atoms with Crippen molar-refractivity contribution in [3.63, 3.8) is 0 Å². The van der Waals surface area contributed by atoms with E-state index in [2.05, 4.69) is 25.8 Å². The molecular weight excluding hydrogens is 404 g/mol. The molecule has 2 saturated carbocycles. The van der Waals surface area contributed by atoms with Gasteiger partial charge in [0.05, 0.1) is 0 Å². The molecule has 2 N–H and O–H groups in total. The highest BCUT2D eigenvalue weighted by Gasteiger charge is 2.39. The molecule has 8 nitrogen and oxygen atoms in total. The predicted molar refractivity (Wildman–Crippen MR) is 126 cm³/mol. The van der Waals surface area contributed by atoms with Crippen molar-refractivity contribution in [2.45, 2.75) is 63.5 Å². The molecule has 0 amide bonds. The summed E-state index contributed by atoms with van der Waals surface area (Å²) in [6.07, 6.45) is 10.4. The number of fused-ring (bicyclic) bond motifs is 2. The quantitative estimate of drug-likeness (QED) is 0.561. The number of nitrogen functional groups attached to an aromatic ring is 1. The van der Waals surface area contributed by atoms with Crippen molar-refractivity contribution in [3.05, 3.63) is 46.5 Å². The summed E-state index contributed by atoms with van der Waals surface area (Å²) in [5, 5.41) is 10.7. The number of nitro groups is 1. The molecule has 0 bridgehead atoms. The Morgan fingerprint density at radius 1 is 0.812 bits per heavy atom. The zero-order valence-electron chi connectivity index (χ0n) is 18.5. The highest BCUT2D eigenvalue weighted by Crippen LogP contribution is 2.40. The molecule has 2 aliphatic carbocycles. The molecule has 4 fully saturated rings. The van der Waals surface area contributed by atoms with E-state index >= 15 is 0 Å². The molecule has 32 heavy (non-hydrogen) atoms. The maximum absolute atomic E-state index is 10.7. The zero-order chi connectivity index (χ0) is 22.1. The number of nitrogens with zero attached hydrogens (tertiary/aromatic N) is 5. The molecule has 2 saturated heterocycles. The van der Waals surface area contributed by atoms with Crippen molar-refractivity contribution < 1.29 is 4.92 Å². The fraction of sp³-hybridized carbons (Fsp3) is 0.583. The van der Waals surface area contributed by atoms with E-state index in [1.54, 1.807) is 6.07 Å². The fourth-order valence-electron chi connectivity index (χ4n) is 6.31. The van der Waals surface area contributed by atoms with Gasteiger partial charge < -0.3 is 25.6 Å². The Balaban J connectivity index is 0.000000136. The molecule has 0 unspecified atom stereocenters. The van der Waals surface area contributed by atoms with Crippen LogP contribution >= 0.6 is 0 Å². The molecule has 8 heteroatoms. The third-order valence-electron chi connectivity index (χ3n) is 7.77. The molecule has 170 valence electrons. The average Bonchev–Trinajstić information content (AvgIpc) is 3.55. The van der Waals surface area contributed by atoms with Gasteiger partial charge in [-0.1, -0.05) is 18.9 Å². The van der Waals surface area contributed by atoms with Crippen LogP contribution in [0, 0.1) is 22.0 Å². The number of hydrogen-bond acceptors (Lipinski definition) is 7. The van der Waals surface area contributed by atoms with Gasteiger partial charge in [0.2, 0.25) is 5.82 Å². The van der Waals surface area contributed by atoms with E-state index < -0.39 is 4.92 Å². The fourth-order valence-corrected chi connectivity index (χ4v) is 6.31. The lowest BCUT2D eigenvalue weighted by Crippen LogP contribution is -2.30. The lowest BCUT2D eigenvalue weighted by molar-refractivity contribution is -0.389. The lowest BCUT2D eigenvalue weighted by atomic mass is 10.0. The first-order valence-electron chi connectivity index (χ1n) is 12.0. The minimum atomic E-state index is -0.425. The summed E-state index contributed by atoms with van der Waals surface area (Å²) < 4.78 is 0. The molecule has 0 aromatic carbocycles. The van der Waals surface area contributed by atoms with Crippen molar-refractivity contribution in [2.24, 2.45) is 11.8 Å². The molecule has 4 heterocycles. The molecule has 4 aliphatic rings. The predicted octanol–water partition coefficient (Wildman–Crippen LogP) is 4.41. The molecule has 6 rings (SSSR count). The van der Waals surface area contributed by atoms with E-state index in [-0.39, 0.29) is 5.82 Å². The van der Waals surface area contributed by atoms with Crippen LogP contribution in [0.3, 0.4) is 0 Å². The number of rotatable bonds is 3. The topological polar surface area (TPSA) is 101 Å². The van der Waals surface area contributed by atoms with Crippen molar-refractivity contribution in [2.75, 3.05) is 28.6 Å². The normalized spacial score (nSPS) is 28.2. The summed E-state index contributed by atoms with van der Waals surface area (Å²) in [5.41, 5.74) is 5.73. The largest absolute Gasteiger partial charge is 0.384 e. The number of aromatic nitrogens is 2. The number of nitrogens with two attached hydrogens (primary N) is 1. The zero-order valence-corrected chi connectivity index (χ0v) is 18.5.